The van der Waals surface area contributed by atoms with Crippen LogP contribution in [0.2, 0.25) is 0 Å². The third kappa shape index (κ3) is 3.71. The van der Waals surface area contributed by atoms with Gasteiger partial charge in [0.05, 0.1) is 16.3 Å². The van der Waals surface area contributed by atoms with Crippen LogP contribution in [-0.2, 0) is 13.0 Å². The van der Waals surface area contributed by atoms with Crippen LogP contribution < -0.4 is 5.73 Å². The number of para-hydroxylation sites is 1. The number of piperazine rings is 1. The highest BCUT2D eigenvalue weighted by molar-refractivity contribution is 7.09. The molecule has 1 aromatic heterocycles. The van der Waals surface area contributed by atoms with Gasteiger partial charge in [0.15, 0.2) is 0 Å². The number of hydrogen-bond donors (Lipinski definition) is 1. The fourth-order valence-corrected chi connectivity index (χ4v) is 3.52. The molecule has 0 saturated carbocycles. The van der Waals surface area contributed by atoms with Crippen LogP contribution in [0.1, 0.15) is 28.0 Å². The molecule has 1 aliphatic heterocycles. The number of thiazole rings is 1. The van der Waals surface area contributed by atoms with Gasteiger partial charge in [0.1, 0.15) is 0 Å². The lowest BCUT2D eigenvalue weighted by Crippen LogP contribution is -2.48. The Balaban J connectivity index is 1.56. The van der Waals surface area contributed by atoms with Crippen LogP contribution in [0.5, 0.6) is 0 Å². The molecule has 1 saturated heterocycles. The number of anilines is 1. The van der Waals surface area contributed by atoms with Crippen LogP contribution in [-0.4, -0.2) is 46.9 Å². The first-order valence-corrected chi connectivity index (χ1v) is 8.84. The lowest BCUT2D eigenvalue weighted by atomic mass is 10.1. The summed E-state index contributed by atoms with van der Waals surface area (Å²) < 4.78 is 0. The summed E-state index contributed by atoms with van der Waals surface area (Å²) in [4.78, 5) is 21.4. The highest BCUT2D eigenvalue weighted by Gasteiger charge is 2.23. The lowest BCUT2D eigenvalue weighted by molar-refractivity contribution is 0.0628. The Bertz CT molecular complexity index is 677. The van der Waals surface area contributed by atoms with E-state index in [-0.39, 0.29) is 5.91 Å². The molecule has 0 bridgehead atoms. The van der Waals surface area contributed by atoms with Crippen molar-refractivity contribution in [3.63, 3.8) is 0 Å². The number of nitrogens with zero attached hydrogens (tertiary/aromatic N) is 3. The second-order valence-corrected chi connectivity index (χ2v) is 6.68. The van der Waals surface area contributed by atoms with E-state index in [1.165, 1.54) is 5.01 Å². The number of aromatic nitrogens is 1. The molecule has 0 atom stereocenters. The van der Waals surface area contributed by atoms with Crippen LogP contribution in [0.25, 0.3) is 0 Å². The molecule has 23 heavy (non-hydrogen) atoms. The quantitative estimate of drug-likeness (QED) is 0.874. The molecular weight excluding hydrogens is 308 g/mol. The summed E-state index contributed by atoms with van der Waals surface area (Å²) in [5.41, 5.74) is 8.20. The van der Waals surface area contributed by atoms with Gasteiger partial charge in [-0.15, -0.1) is 11.3 Å². The van der Waals surface area contributed by atoms with Gasteiger partial charge in [-0.25, -0.2) is 4.98 Å². The predicted molar refractivity (Wildman–Crippen MR) is 93.5 cm³/mol. The zero-order valence-corrected chi connectivity index (χ0v) is 14.2. The average Bonchev–Trinajstić information content (AvgIpc) is 3.03. The molecule has 2 aromatic rings. The second-order valence-electron chi connectivity index (χ2n) is 5.74. The van der Waals surface area contributed by atoms with Crippen molar-refractivity contribution >= 4 is 22.9 Å². The van der Waals surface area contributed by atoms with Crippen molar-refractivity contribution in [2.24, 2.45) is 0 Å². The maximum Gasteiger partial charge on any atom is 0.256 e. The predicted octanol–water partition coefficient (Wildman–Crippen LogP) is 2.25. The van der Waals surface area contributed by atoms with Gasteiger partial charge in [-0.2, -0.15) is 0 Å². The molecule has 3 rings (SSSR count). The van der Waals surface area contributed by atoms with Crippen molar-refractivity contribution in [2.45, 2.75) is 19.9 Å². The number of amides is 1. The van der Waals surface area contributed by atoms with Crippen LogP contribution in [0.15, 0.2) is 29.6 Å². The van der Waals surface area contributed by atoms with Gasteiger partial charge in [0.2, 0.25) is 0 Å². The Hall–Kier alpha value is -1.92. The summed E-state index contributed by atoms with van der Waals surface area (Å²) in [6.45, 7) is 6.21. The molecule has 122 valence electrons. The minimum atomic E-state index is 0.0321. The third-order valence-corrected chi connectivity index (χ3v) is 5.18. The molecule has 5 nitrogen and oxygen atoms in total. The summed E-state index contributed by atoms with van der Waals surface area (Å²) in [6, 6.07) is 7.28. The van der Waals surface area contributed by atoms with Gasteiger partial charge in [-0.05, 0) is 18.6 Å². The second kappa shape index (κ2) is 7.10. The van der Waals surface area contributed by atoms with Crippen LogP contribution in [0, 0.1) is 0 Å². The number of benzene rings is 1. The number of nitrogens with two attached hydrogens (primary N) is 1. The molecule has 0 radical (unpaired) electrons. The van der Waals surface area contributed by atoms with Gasteiger partial charge >= 0.3 is 0 Å². The molecular formula is C17H22N4OS. The van der Waals surface area contributed by atoms with Gasteiger partial charge in [0, 0.05) is 43.8 Å². The Morgan fingerprint density at radius 2 is 2.00 bits per heavy atom. The fourth-order valence-electron chi connectivity index (χ4n) is 2.78. The van der Waals surface area contributed by atoms with Gasteiger partial charge in [-0.3, -0.25) is 9.69 Å². The van der Waals surface area contributed by atoms with Crippen LogP contribution in [0.3, 0.4) is 0 Å². The smallest absolute Gasteiger partial charge is 0.256 e. The standard InChI is InChI=1S/C17H22N4OS/c1-2-16-19-13(12-23-16)11-20-7-9-21(10-8-20)17(22)14-5-3-4-6-15(14)18/h3-6,12H,2,7-11,18H2,1H3. The van der Waals surface area contributed by atoms with E-state index >= 15 is 0 Å². The summed E-state index contributed by atoms with van der Waals surface area (Å²) in [5, 5.41) is 3.33. The number of nitrogen functional groups attached to an aromatic ring is 1. The lowest BCUT2D eigenvalue weighted by Gasteiger charge is -2.34. The Morgan fingerprint density at radius 3 is 2.65 bits per heavy atom. The largest absolute Gasteiger partial charge is 0.398 e. The van der Waals surface area contributed by atoms with Gasteiger partial charge in [0.25, 0.3) is 5.91 Å². The molecule has 0 aliphatic carbocycles. The summed E-state index contributed by atoms with van der Waals surface area (Å²) >= 11 is 1.73. The molecule has 0 spiro atoms. The van der Waals surface area contributed by atoms with Crippen molar-refractivity contribution in [3.05, 3.63) is 45.9 Å². The van der Waals surface area contributed by atoms with E-state index in [4.69, 9.17) is 5.73 Å². The van der Waals surface area contributed by atoms with E-state index < -0.39 is 0 Å². The van der Waals surface area contributed by atoms with E-state index in [0.717, 1.165) is 44.8 Å². The van der Waals surface area contributed by atoms with Crippen molar-refractivity contribution in [1.82, 2.24) is 14.8 Å². The molecule has 1 amide bonds. The maximum atomic E-state index is 12.5. The van der Waals surface area contributed by atoms with E-state index in [2.05, 4.69) is 22.2 Å². The maximum absolute atomic E-state index is 12.5. The highest BCUT2D eigenvalue weighted by Crippen LogP contribution is 2.17. The molecule has 1 aromatic carbocycles. The van der Waals surface area contributed by atoms with Crippen LogP contribution >= 0.6 is 11.3 Å². The van der Waals surface area contributed by atoms with Crippen molar-refractivity contribution in [2.75, 3.05) is 31.9 Å². The van der Waals surface area contributed by atoms with Crippen molar-refractivity contribution in [1.29, 1.82) is 0 Å². The monoisotopic (exact) mass is 330 g/mol. The number of carbonyl (C=O) groups is 1. The van der Waals surface area contributed by atoms with Crippen molar-refractivity contribution < 1.29 is 4.79 Å². The zero-order chi connectivity index (χ0) is 16.2. The SMILES string of the molecule is CCc1nc(CN2CCN(C(=O)c3ccccc3N)CC2)cs1. The molecule has 0 unspecified atom stereocenters. The summed E-state index contributed by atoms with van der Waals surface area (Å²) in [5.74, 6) is 0.0321. The first-order valence-electron chi connectivity index (χ1n) is 7.96. The average molecular weight is 330 g/mol. The summed E-state index contributed by atoms with van der Waals surface area (Å²) in [6.07, 6.45) is 0.992. The Kier molecular flexibility index (Phi) is 4.93. The van der Waals surface area contributed by atoms with E-state index in [9.17, 15) is 4.79 Å². The minimum absolute atomic E-state index is 0.0321. The van der Waals surface area contributed by atoms with Gasteiger partial charge in [-0.1, -0.05) is 19.1 Å². The first-order chi connectivity index (χ1) is 11.2. The third-order valence-electron chi connectivity index (χ3n) is 4.14. The summed E-state index contributed by atoms with van der Waals surface area (Å²) in [7, 11) is 0. The topological polar surface area (TPSA) is 62.5 Å². The normalized spacial score (nSPS) is 15.8. The molecule has 2 N–H and O–H groups in total. The molecule has 6 heteroatoms. The van der Waals surface area contributed by atoms with Gasteiger partial charge < -0.3 is 10.6 Å². The number of aryl methyl sites for hydroxylation is 1. The van der Waals surface area contributed by atoms with Crippen LogP contribution in [0.4, 0.5) is 5.69 Å². The van der Waals surface area contributed by atoms with E-state index in [1.54, 1.807) is 23.5 Å². The highest BCUT2D eigenvalue weighted by atomic mass is 32.1. The van der Waals surface area contributed by atoms with E-state index in [1.807, 2.05) is 17.0 Å². The molecule has 1 fully saturated rings. The number of carbonyl (C=O) groups excluding carboxylic acids is 1. The fraction of sp³-hybridized carbons (Fsp3) is 0.412. The number of hydrogen-bond acceptors (Lipinski definition) is 5. The first kappa shape index (κ1) is 16.0. The number of rotatable bonds is 4. The van der Waals surface area contributed by atoms with Crippen molar-refractivity contribution in [3.8, 4) is 0 Å². The van der Waals surface area contributed by atoms with E-state index in [0.29, 0.717) is 11.3 Å². The Morgan fingerprint density at radius 1 is 1.26 bits per heavy atom. The molecule has 2 heterocycles. The minimum Gasteiger partial charge on any atom is -0.398 e. The zero-order valence-electron chi connectivity index (χ0n) is 13.4. The molecule has 1 aliphatic rings. The Labute approximate surface area is 140 Å².